The van der Waals surface area contributed by atoms with Gasteiger partial charge in [0.25, 0.3) is 0 Å². The summed E-state index contributed by atoms with van der Waals surface area (Å²) in [6.07, 6.45) is 4.11. The van der Waals surface area contributed by atoms with Crippen molar-refractivity contribution in [3.05, 3.63) is 83.4 Å². The molecule has 1 aliphatic heterocycles. The molecule has 1 unspecified atom stereocenters. The van der Waals surface area contributed by atoms with Crippen LogP contribution in [0, 0.1) is 11.8 Å². The quantitative estimate of drug-likeness (QED) is 0.561. The summed E-state index contributed by atoms with van der Waals surface area (Å²) in [5.41, 5.74) is 3.49. The van der Waals surface area contributed by atoms with E-state index in [9.17, 15) is 14.4 Å². The van der Waals surface area contributed by atoms with Gasteiger partial charge in [-0.1, -0.05) is 54.6 Å². The smallest absolute Gasteiger partial charge is 0.226 e. The van der Waals surface area contributed by atoms with E-state index < -0.39 is 6.04 Å². The minimum absolute atomic E-state index is 0.0287. The lowest BCUT2D eigenvalue weighted by molar-refractivity contribution is -0.139. The third-order valence-corrected chi connectivity index (χ3v) is 7.34. The summed E-state index contributed by atoms with van der Waals surface area (Å²) in [4.78, 5) is 39.5. The topological polar surface area (TPSA) is 66.5 Å². The summed E-state index contributed by atoms with van der Waals surface area (Å²) in [6, 6.07) is 21.9. The largest absolute Gasteiger partial charge is 0.346 e. The minimum Gasteiger partial charge on any atom is -0.346 e. The highest BCUT2D eigenvalue weighted by Crippen LogP contribution is 2.34. The fourth-order valence-electron chi connectivity index (χ4n) is 5.41. The third kappa shape index (κ3) is 4.74. The summed E-state index contributed by atoms with van der Waals surface area (Å²) < 4.78 is 0. The lowest BCUT2D eigenvalue weighted by Gasteiger charge is -2.30. The molecule has 0 spiro atoms. The van der Waals surface area contributed by atoms with Crippen LogP contribution in [-0.4, -0.2) is 29.0 Å². The van der Waals surface area contributed by atoms with E-state index >= 15 is 0 Å². The molecular formula is C29H30N2O3. The SMILES string of the molecule is O=CC(Cc1ccccc1)NC(=O)C1CCC(C(=O)N2Cc3cc4ccccc4cc3C2)CC1. The second-order valence-electron chi connectivity index (χ2n) is 9.65. The Morgan fingerprint density at radius 1 is 0.853 bits per heavy atom. The molecule has 2 amide bonds. The number of hydrogen-bond acceptors (Lipinski definition) is 3. The molecule has 1 N–H and O–H groups in total. The fourth-order valence-corrected chi connectivity index (χ4v) is 5.41. The van der Waals surface area contributed by atoms with E-state index in [1.165, 1.54) is 21.9 Å². The lowest BCUT2D eigenvalue weighted by atomic mass is 9.80. The molecule has 5 rings (SSSR count). The Morgan fingerprint density at radius 3 is 2.00 bits per heavy atom. The molecule has 3 aromatic rings. The van der Waals surface area contributed by atoms with Gasteiger partial charge in [0, 0.05) is 24.9 Å². The Balaban J connectivity index is 1.14. The summed E-state index contributed by atoms with van der Waals surface area (Å²) >= 11 is 0. The molecule has 0 bridgehead atoms. The van der Waals surface area contributed by atoms with E-state index in [0.717, 1.165) is 24.7 Å². The molecule has 3 aromatic carbocycles. The molecule has 0 saturated heterocycles. The summed E-state index contributed by atoms with van der Waals surface area (Å²) in [6.45, 7) is 1.33. The van der Waals surface area contributed by atoms with Gasteiger partial charge >= 0.3 is 0 Å². The molecule has 34 heavy (non-hydrogen) atoms. The molecule has 1 atom stereocenters. The first kappa shape index (κ1) is 22.3. The van der Waals surface area contributed by atoms with Gasteiger partial charge in [-0.15, -0.1) is 0 Å². The van der Waals surface area contributed by atoms with Crippen LogP contribution in [0.2, 0.25) is 0 Å². The zero-order valence-corrected chi connectivity index (χ0v) is 19.3. The monoisotopic (exact) mass is 454 g/mol. The first-order valence-corrected chi connectivity index (χ1v) is 12.2. The second-order valence-corrected chi connectivity index (χ2v) is 9.65. The van der Waals surface area contributed by atoms with Gasteiger partial charge in [0.05, 0.1) is 6.04 Å². The molecule has 0 aromatic heterocycles. The van der Waals surface area contributed by atoms with Gasteiger partial charge in [-0.05, 0) is 71.7 Å². The maximum Gasteiger partial charge on any atom is 0.226 e. The Bertz CT molecular complexity index is 1150. The Labute approximate surface area is 200 Å². The van der Waals surface area contributed by atoms with Crippen LogP contribution >= 0.6 is 0 Å². The van der Waals surface area contributed by atoms with Gasteiger partial charge in [-0.25, -0.2) is 0 Å². The Hall–Kier alpha value is -3.47. The molecule has 5 heteroatoms. The molecule has 1 saturated carbocycles. The number of carbonyl (C=O) groups excluding carboxylic acids is 3. The van der Waals surface area contributed by atoms with Crippen molar-refractivity contribution >= 4 is 28.9 Å². The lowest BCUT2D eigenvalue weighted by Crippen LogP contribution is -2.43. The number of benzene rings is 3. The number of nitrogens with zero attached hydrogens (tertiary/aromatic N) is 1. The van der Waals surface area contributed by atoms with Crippen molar-refractivity contribution in [2.75, 3.05) is 0 Å². The highest BCUT2D eigenvalue weighted by Gasteiger charge is 2.34. The molecule has 1 aliphatic carbocycles. The highest BCUT2D eigenvalue weighted by atomic mass is 16.2. The molecule has 0 radical (unpaired) electrons. The van der Waals surface area contributed by atoms with Crippen molar-refractivity contribution < 1.29 is 14.4 Å². The van der Waals surface area contributed by atoms with E-state index in [2.05, 4.69) is 29.6 Å². The third-order valence-electron chi connectivity index (χ3n) is 7.34. The molecule has 5 nitrogen and oxygen atoms in total. The molecular weight excluding hydrogens is 424 g/mol. The van der Waals surface area contributed by atoms with E-state index in [-0.39, 0.29) is 23.7 Å². The zero-order chi connectivity index (χ0) is 23.5. The van der Waals surface area contributed by atoms with E-state index in [1.807, 2.05) is 47.4 Å². The predicted molar refractivity (Wildman–Crippen MR) is 132 cm³/mol. The first-order chi connectivity index (χ1) is 16.6. The summed E-state index contributed by atoms with van der Waals surface area (Å²) in [5.74, 6) is -0.0320. The van der Waals surface area contributed by atoms with E-state index in [4.69, 9.17) is 0 Å². The van der Waals surface area contributed by atoms with Crippen molar-refractivity contribution in [3.8, 4) is 0 Å². The standard InChI is InChI=1S/C29H30N2O3/c32-19-27(14-20-6-2-1-3-7-20)30-28(33)21-10-12-22(13-11-21)29(34)31-17-25-15-23-8-4-5-9-24(23)16-26(25)18-31/h1-9,15-16,19,21-22,27H,10-14,17-18H2,(H,30,33). The van der Waals surface area contributed by atoms with Gasteiger partial charge in [-0.2, -0.15) is 0 Å². The van der Waals surface area contributed by atoms with E-state index in [1.54, 1.807) is 0 Å². The van der Waals surface area contributed by atoms with Gasteiger partial charge in [-0.3, -0.25) is 9.59 Å². The Kier molecular flexibility index (Phi) is 6.43. The second kappa shape index (κ2) is 9.80. The van der Waals surface area contributed by atoms with E-state index in [0.29, 0.717) is 32.4 Å². The number of carbonyl (C=O) groups is 3. The maximum atomic E-state index is 13.2. The van der Waals surface area contributed by atoms with Crippen LogP contribution in [0.25, 0.3) is 10.8 Å². The number of nitrogens with one attached hydrogen (secondary N) is 1. The van der Waals surface area contributed by atoms with Crippen LogP contribution in [0.4, 0.5) is 0 Å². The average molecular weight is 455 g/mol. The highest BCUT2D eigenvalue weighted by molar-refractivity contribution is 5.86. The van der Waals surface area contributed by atoms with Crippen LogP contribution < -0.4 is 5.32 Å². The van der Waals surface area contributed by atoms with Crippen molar-refractivity contribution in [1.29, 1.82) is 0 Å². The van der Waals surface area contributed by atoms with Gasteiger partial charge in [0.2, 0.25) is 11.8 Å². The molecule has 1 fully saturated rings. The number of fused-ring (bicyclic) bond motifs is 2. The molecule has 2 aliphatic rings. The first-order valence-electron chi connectivity index (χ1n) is 12.2. The number of rotatable bonds is 6. The fraction of sp³-hybridized carbons (Fsp3) is 0.345. The zero-order valence-electron chi connectivity index (χ0n) is 19.3. The van der Waals surface area contributed by atoms with Gasteiger partial charge < -0.3 is 15.0 Å². The van der Waals surface area contributed by atoms with Gasteiger partial charge in [0.1, 0.15) is 6.29 Å². The van der Waals surface area contributed by atoms with Crippen LogP contribution in [0.3, 0.4) is 0 Å². The Morgan fingerprint density at radius 2 is 1.41 bits per heavy atom. The number of hydrogen-bond donors (Lipinski definition) is 1. The van der Waals surface area contributed by atoms with Crippen LogP contribution in [-0.2, 0) is 33.9 Å². The van der Waals surface area contributed by atoms with Crippen molar-refractivity contribution in [2.45, 2.75) is 51.2 Å². The number of amides is 2. The van der Waals surface area contributed by atoms with Crippen molar-refractivity contribution in [3.63, 3.8) is 0 Å². The van der Waals surface area contributed by atoms with Crippen LogP contribution in [0.15, 0.2) is 66.7 Å². The van der Waals surface area contributed by atoms with Crippen molar-refractivity contribution in [2.24, 2.45) is 11.8 Å². The maximum absolute atomic E-state index is 13.2. The summed E-state index contributed by atoms with van der Waals surface area (Å²) in [5, 5.41) is 5.33. The van der Waals surface area contributed by atoms with Crippen LogP contribution in [0.5, 0.6) is 0 Å². The molecule has 1 heterocycles. The number of aldehydes is 1. The normalized spacial score (nSPS) is 20.5. The average Bonchev–Trinajstić information content (AvgIpc) is 3.30. The predicted octanol–water partition coefficient (Wildman–Crippen LogP) is 4.41. The van der Waals surface area contributed by atoms with Gasteiger partial charge in [0.15, 0.2) is 0 Å². The van der Waals surface area contributed by atoms with Crippen molar-refractivity contribution in [1.82, 2.24) is 10.2 Å². The molecule has 174 valence electrons. The summed E-state index contributed by atoms with van der Waals surface area (Å²) in [7, 11) is 0. The minimum atomic E-state index is -0.520. The van der Waals surface area contributed by atoms with Crippen LogP contribution in [0.1, 0.15) is 42.4 Å².